The Morgan fingerprint density at radius 3 is 2.40 bits per heavy atom. The number of amides is 4. The number of benzene rings is 2. The van der Waals surface area contributed by atoms with E-state index in [0.29, 0.717) is 11.3 Å². The second-order valence-electron chi connectivity index (χ2n) is 7.82. The van der Waals surface area contributed by atoms with E-state index in [2.05, 4.69) is 5.32 Å². The van der Waals surface area contributed by atoms with E-state index in [4.69, 9.17) is 0 Å². The molecular weight excluding hydrogens is 380 g/mol. The zero-order valence-electron chi connectivity index (χ0n) is 17.3. The van der Waals surface area contributed by atoms with Crippen LogP contribution in [0.4, 0.5) is 10.5 Å². The molecule has 30 heavy (non-hydrogen) atoms. The fourth-order valence-electron chi connectivity index (χ4n) is 4.18. The molecule has 156 valence electrons. The predicted octanol–water partition coefficient (Wildman–Crippen LogP) is 3.24. The summed E-state index contributed by atoms with van der Waals surface area (Å²) in [5.74, 6) is -0.118. The van der Waals surface area contributed by atoms with Crippen LogP contribution in [0, 0.1) is 6.92 Å². The van der Waals surface area contributed by atoms with Crippen LogP contribution in [0.3, 0.4) is 0 Å². The Labute approximate surface area is 176 Å². The normalized spacial score (nSPS) is 18.8. The number of carbonyl (C=O) groups is 3. The summed E-state index contributed by atoms with van der Waals surface area (Å²) in [5.41, 5.74) is 2.79. The van der Waals surface area contributed by atoms with Gasteiger partial charge in [0.1, 0.15) is 12.7 Å². The Balaban J connectivity index is 1.57. The van der Waals surface area contributed by atoms with Crippen LogP contribution in [0.2, 0.25) is 0 Å². The number of urea groups is 1. The first-order chi connectivity index (χ1) is 14.5. The van der Waals surface area contributed by atoms with Crippen LogP contribution in [0.1, 0.15) is 40.5 Å². The summed E-state index contributed by atoms with van der Waals surface area (Å²) in [5, 5.41) is 2.92. The monoisotopic (exact) mass is 406 g/mol. The van der Waals surface area contributed by atoms with Crippen LogP contribution in [-0.4, -0.2) is 59.2 Å². The average Bonchev–Trinajstić information content (AvgIpc) is 3.39. The van der Waals surface area contributed by atoms with Crippen LogP contribution in [0.5, 0.6) is 0 Å². The maximum Gasteiger partial charge on any atom is 0.324 e. The maximum atomic E-state index is 13.1. The van der Waals surface area contributed by atoms with Gasteiger partial charge in [-0.15, -0.1) is 0 Å². The molecule has 7 heteroatoms. The van der Waals surface area contributed by atoms with Crippen molar-refractivity contribution >= 4 is 23.5 Å². The molecular formula is C23H26N4O3. The van der Waals surface area contributed by atoms with Gasteiger partial charge in [0.25, 0.3) is 5.91 Å². The Morgan fingerprint density at radius 2 is 1.70 bits per heavy atom. The van der Waals surface area contributed by atoms with Gasteiger partial charge in [0.05, 0.1) is 0 Å². The number of rotatable bonds is 3. The highest BCUT2D eigenvalue weighted by molar-refractivity contribution is 6.00. The van der Waals surface area contributed by atoms with Gasteiger partial charge in [0.2, 0.25) is 5.91 Å². The minimum absolute atomic E-state index is 0.000607. The number of hydrogen-bond acceptors (Lipinski definition) is 3. The molecule has 2 fully saturated rings. The van der Waals surface area contributed by atoms with Crippen molar-refractivity contribution in [2.75, 3.05) is 32.0 Å². The van der Waals surface area contributed by atoms with E-state index in [9.17, 15) is 14.4 Å². The number of likely N-dealkylation sites (tertiary alicyclic amines) is 1. The molecule has 0 spiro atoms. The lowest BCUT2D eigenvalue weighted by Crippen LogP contribution is -2.37. The van der Waals surface area contributed by atoms with Crippen LogP contribution in [0.25, 0.3) is 0 Å². The summed E-state index contributed by atoms with van der Waals surface area (Å²) < 4.78 is 0. The van der Waals surface area contributed by atoms with Gasteiger partial charge in [-0.2, -0.15) is 0 Å². The number of anilines is 1. The van der Waals surface area contributed by atoms with Crippen molar-refractivity contribution in [2.24, 2.45) is 0 Å². The first-order valence-corrected chi connectivity index (χ1v) is 10.2. The van der Waals surface area contributed by atoms with Gasteiger partial charge >= 0.3 is 6.03 Å². The van der Waals surface area contributed by atoms with Crippen molar-refractivity contribution in [3.8, 4) is 0 Å². The molecule has 2 saturated heterocycles. The highest BCUT2D eigenvalue weighted by Gasteiger charge is 2.39. The molecule has 2 aliphatic rings. The minimum atomic E-state index is -0.464. The molecule has 0 aromatic heterocycles. The molecule has 0 bridgehead atoms. The van der Waals surface area contributed by atoms with E-state index in [1.54, 1.807) is 30.1 Å². The third-order valence-corrected chi connectivity index (χ3v) is 5.92. The largest absolute Gasteiger partial charge is 0.339 e. The average molecular weight is 406 g/mol. The molecule has 0 aliphatic carbocycles. The number of nitrogens with one attached hydrogen (secondary N) is 1. The van der Waals surface area contributed by atoms with Gasteiger partial charge in [-0.05, 0) is 43.0 Å². The van der Waals surface area contributed by atoms with Gasteiger partial charge in [-0.1, -0.05) is 36.4 Å². The Kier molecular flexibility index (Phi) is 5.44. The molecule has 0 saturated carbocycles. The van der Waals surface area contributed by atoms with Gasteiger partial charge in [0, 0.05) is 31.4 Å². The van der Waals surface area contributed by atoms with Crippen molar-refractivity contribution in [2.45, 2.75) is 25.9 Å². The topological polar surface area (TPSA) is 73.0 Å². The molecule has 4 rings (SSSR count). The number of nitrogens with zero attached hydrogens (tertiary/aromatic N) is 3. The van der Waals surface area contributed by atoms with Crippen LogP contribution in [-0.2, 0) is 4.79 Å². The predicted molar refractivity (Wildman–Crippen MR) is 114 cm³/mol. The second-order valence-corrected chi connectivity index (χ2v) is 7.82. The summed E-state index contributed by atoms with van der Waals surface area (Å²) in [6.45, 7) is 3.40. The number of likely N-dealkylation sites (N-methyl/N-ethyl adjacent to an activating group) is 1. The molecule has 4 amide bonds. The van der Waals surface area contributed by atoms with Crippen molar-refractivity contribution < 1.29 is 14.4 Å². The summed E-state index contributed by atoms with van der Waals surface area (Å²) in [4.78, 5) is 43.2. The van der Waals surface area contributed by atoms with Gasteiger partial charge in [-0.3, -0.25) is 14.5 Å². The summed E-state index contributed by atoms with van der Waals surface area (Å²) in [7, 11) is 1.70. The van der Waals surface area contributed by atoms with Crippen molar-refractivity contribution in [1.82, 2.24) is 14.7 Å². The van der Waals surface area contributed by atoms with E-state index in [1.807, 2.05) is 42.2 Å². The molecule has 2 aliphatic heterocycles. The lowest BCUT2D eigenvalue weighted by molar-refractivity contribution is -0.126. The van der Waals surface area contributed by atoms with Crippen LogP contribution >= 0.6 is 0 Å². The second kappa shape index (κ2) is 8.18. The standard InChI is InChI=1S/C23H26N4O3/c1-16-18(22(29)26-13-6-7-14-26)11-8-12-19(16)24-23(30)27-15-20(28)25(2)21(27)17-9-4-3-5-10-17/h3-5,8-12,21H,6-7,13-15H2,1-2H3,(H,24,30). The smallest absolute Gasteiger partial charge is 0.324 e. The van der Waals surface area contributed by atoms with Crippen molar-refractivity contribution in [1.29, 1.82) is 0 Å². The fraction of sp³-hybridized carbons (Fsp3) is 0.348. The van der Waals surface area contributed by atoms with E-state index in [1.165, 1.54) is 4.90 Å². The molecule has 1 unspecified atom stereocenters. The van der Waals surface area contributed by atoms with E-state index < -0.39 is 6.17 Å². The lowest BCUT2D eigenvalue weighted by atomic mass is 10.1. The van der Waals surface area contributed by atoms with Crippen LogP contribution in [0.15, 0.2) is 48.5 Å². The maximum absolute atomic E-state index is 13.1. The highest BCUT2D eigenvalue weighted by atomic mass is 16.2. The number of carbonyl (C=O) groups excluding carboxylic acids is 3. The lowest BCUT2D eigenvalue weighted by Gasteiger charge is -2.28. The first-order valence-electron chi connectivity index (χ1n) is 10.2. The van der Waals surface area contributed by atoms with Gasteiger partial charge in [-0.25, -0.2) is 4.79 Å². The molecule has 2 heterocycles. The van der Waals surface area contributed by atoms with Gasteiger partial charge in [0.15, 0.2) is 0 Å². The van der Waals surface area contributed by atoms with Gasteiger partial charge < -0.3 is 15.1 Å². The first kappa shape index (κ1) is 19.9. The summed E-state index contributed by atoms with van der Waals surface area (Å²) >= 11 is 0. The van der Waals surface area contributed by atoms with E-state index in [-0.39, 0.29) is 24.4 Å². The minimum Gasteiger partial charge on any atom is -0.339 e. The van der Waals surface area contributed by atoms with Crippen molar-refractivity contribution in [3.05, 3.63) is 65.2 Å². The molecule has 2 aromatic carbocycles. The van der Waals surface area contributed by atoms with Crippen LogP contribution < -0.4 is 5.32 Å². The molecule has 7 nitrogen and oxygen atoms in total. The van der Waals surface area contributed by atoms with Crippen molar-refractivity contribution in [3.63, 3.8) is 0 Å². The molecule has 1 atom stereocenters. The Hall–Kier alpha value is -3.35. The van der Waals surface area contributed by atoms with E-state index >= 15 is 0 Å². The summed E-state index contributed by atoms with van der Waals surface area (Å²) in [6, 6.07) is 14.5. The Bertz CT molecular complexity index is 970. The molecule has 2 aromatic rings. The quantitative estimate of drug-likeness (QED) is 0.851. The third kappa shape index (κ3) is 3.63. The zero-order valence-corrected chi connectivity index (χ0v) is 17.3. The summed E-state index contributed by atoms with van der Waals surface area (Å²) in [6.07, 6.45) is 1.59. The third-order valence-electron chi connectivity index (χ3n) is 5.92. The zero-order chi connectivity index (χ0) is 21.3. The molecule has 0 radical (unpaired) electrons. The number of hydrogen-bond donors (Lipinski definition) is 1. The Morgan fingerprint density at radius 1 is 1.00 bits per heavy atom. The SMILES string of the molecule is Cc1c(NC(=O)N2CC(=O)N(C)C2c2ccccc2)cccc1C(=O)N1CCCC1. The highest BCUT2D eigenvalue weighted by Crippen LogP contribution is 2.30. The fourth-order valence-corrected chi connectivity index (χ4v) is 4.18. The molecule has 1 N–H and O–H groups in total. The van der Waals surface area contributed by atoms with E-state index in [0.717, 1.165) is 37.1 Å².